The highest BCUT2D eigenvalue weighted by molar-refractivity contribution is 7.48. The minimum Gasteiger partial charge on any atom is -0.387 e. The van der Waals surface area contributed by atoms with Crippen LogP contribution in [-0.2, 0) is 22.9 Å². The molecule has 0 aliphatic carbocycles. The highest BCUT2D eigenvalue weighted by atomic mass is 31.2. The maximum atomic E-state index is 13.1. The van der Waals surface area contributed by atoms with E-state index in [9.17, 15) is 14.8 Å². The average Bonchev–Trinajstić information content (AvgIpc) is 3.32. The lowest BCUT2D eigenvalue weighted by Crippen LogP contribution is -2.44. The Kier molecular flexibility index (Phi) is 5.81. The molecule has 0 amide bonds. The number of fused-ring (bicyclic) bond motifs is 1. The quantitative estimate of drug-likeness (QED) is 0.374. The number of anilines is 2. The summed E-state index contributed by atoms with van der Waals surface area (Å²) in [4.78, 5) is 12.1. The van der Waals surface area contributed by atoms with Gasteiger partial charge in [0.1, 0.15) is 29.3 Å². The van der Waals surface area contributed by atoms with Crippen molar-refractivity contribution >= 4 is 30.6 Å². The number of nitrogen functional groups attached to an aromatic ring is 2. The van der Waals surface area contributed by atoms with E-state index < -0.39 is 38.0 Å². The van der Waals surface area contributed by atoms with E-state index in [1.807, 2.05) is 0 Å². The molecule has 2 aliphatic rings. The Morgan fingerprint density at radius 2 is 2.06 bits per heavy atom. The van der Waals surface area contributed by atoms with Crippen molar-refractivity contribution in [3.8, 4) is 0 Å². The number of nitrogens with two attached hydrogens (primary N) is 2. The molecule has 2 saturated heterocycles. The fraction of sp³-hybridized carbons (Fsp3) is 0.450. The molecule has 2 fully saturated rings. The van der Waals surface area contributed by atoms with Crippen molar-refractivity contribution in [2.75, 3.05) is 24.7 Å². The van der Waals surface area contributed by atoms with Gasteiger partial charge in [-0.3, -0.25) is 18.6 Å². The molecule has 14 heteroatoms. The lowest BCUT2D eigenvalue weighted by molar-refractivity contribution is -0.0950. The van der Waals surface area contributed by atoms with E-state index in [1.165, 1.54) is 11.5 Å². The number of hydrogen-bond donors (Lipinski definition) is 4. The number of phosphoric ester groups is 1. The van der Waals surface area contributed by atoms with Crippen molar-refractivity contribution in [3.63, 3.8) is 0 Å². The van der Waals surface area contributed by atoms with Crippen LogP contribution in [0.3, 0.4) is 0 Å². The van der Waals surface area contributed by atoms with Gasteiger partial charge >= 0.3 is 7.82 Å². The maximum absolute atomic E-state index is 13.1. The summed E-state index contributed by atoms with van der Waals surface area (Å²) in [6, 6.07) is 5.17. The molecule has 0 unspecified atom stereocenters. The van der Waals surface area contributed by atoms with E-state index in [2.05, 4.69) is 15.0 Å². The van der Waals surface area contributed by atoms with Crippen molar-refractivity contribution in [1.82, 2.24) is 19.5 Å². The average molecular weight is 492 g/mol. The molecular formula is C20H25N6O7P. The first-order valence-corrected chi connectivity index (χ1v) is 12.1. The summed E-state index contributed by atoms with van der Waals surface area (Å²) in [5, 5.41) is 22.4. The summed E-state index contributed by atoms with van der Waals surface area (Å²) < 4.78 is 36.9. The number of ether oxygens (including phenoxy) is 1. The summed E-state index contributed by atoms with van der Waals surface area (Å²) in [7, 11) is -3.94. The normalized spacial score (nSPS) is 34.0. The zero-order chi connectivity index (χ0) is 24.1. The predicted octanol–water partition coefficient (Wildman–Crippen LogP) is 1.30. The van der Waals surface area contributed by atoms with Crippen LogP contribution in [0.2, 0.25) is 0 Å². The van der Waals surface area contributed by atoms with Gasteiger partial charge in [0.05, 0.1) is 24.7 Å². The molecule has 2 aliphatic heterocycles. The highest BCUT2D eigenvalue weighted by Crippen LogP contribution is 2.57. The van der Waals surface area contributed by atoms with Crippen molar-refractivity contribution in [2.24, 2.45) is 0 Å². The first-order chi connectivity index (χ1) is 16.2. The Morgan fingerprint density at radius 1 is 1.29 bits per heavy atom. The van der Waals surface area contributed by atoms with E-state index in [0.29, 0.717) is 17.5 Å². The Labute approximate surface area is 194 Å². The van der Waals surface area contributed by atoms with Gasteiger partial charge in [0.15, 0.2) is 6.23 Å². The molecule has 6 atom stereocenters. The molecule has 5 rings (SSSR count). The molecule has 0 radical (unpaired) electrons. The number of phosphoric acid groups is 1. The second-order valence-corrected chi connectivity index (χ2v) is 9.99. The molecule has 182 valence electrons. The number of rotatable bonds is 5. The van der Waals surface area contributed by atoms with E-state index in [-0.39, 0.29) is 25.0 Å². The zero-order valence-corrected chi connectivity index (χ0v) is 19.1. The Hall–Kier alpha value is -2.64. The van der Waals surface area contributed by atoms with Crippen LogP contribution in [0.25, 0.3) is 11.0 Å². The third kappa shape index (κ3) is 4.05. The molecule has 0 aromatic carbocycles. The van der Waals surface area contributed by atoms with Crippen LogP contribution < -0.4 is 11.5 Å². The van der Waals surface area contributed by atoms with Gasteiger partial charge < -0.3 is 31.0 Å². The minimum atomic E-state index is -3.94. The third-order valence-electron chi connectivity index (χ3n) is 5.99. The standard InChI is InChI=1S/C20H25N6O7P/c1-20(28)15(27)14(32-18(20)26-8-4-12-16(21)24-19(22)25-17(12)26)10-31-34(29)30-9-5-13(33-34)11-2-6-23-7-3-11/h2-4,6-8,13-15,18,27-28H,5,9-10H2,1H3,(H4,21,22,24,25)/t13-,14+,15+,18+,20+,34+/m0/s1. The number of aliphatic hydroxyl groups is 2. The van der Waals surface area contributed by atoms with Crippen molar-refractivity contribution in [1.29, 1.82) is 0 Å². The van der Waals surface area contributed by atoms with Gasteiger partial charge in [0, 0.05) is 25.0 Å². The molecule has 0 saturated carbocycles. The monoisotopic (exact) mass is 492 g/mol. The molecule has 6 N–H and O–H groups in total. The molecular weight excluding hydrogens is 467 g/mol. The number of aromatic nitrogens is 4. The van der Waals surface area contributed by atoms with Gasteiger partial charge in [-0.1, -0.05) is 0 Å². The van der Waals surface area contributed by atoms with E-state index >= 15 is 0 Å². The molecule has 3 aromatic heterocycles. The topological polar surface area (TPSA) is 190 Å². The van der Waals surface area contributed by atoms with Crippen molar-refractivity contribution in [2.45, 2.75) is 43.5 Å². The summed E-state index contributed by atoms with van der Waals surface area (Å²) >= 11 is 0. The summed E-state index contributed by atoms with van der Waals surface area (Å²) in [6.07, 6.45) is 1.32. The molecule has 0 spiro atoms. The minimum absolute atomic E-state index is 0.0449. The van der Waals surface area contributed by atoms with Crippen molar-refractivity contribution in [3.05, 3.63) is 42.4 Å². The second-order valence-electron chi connectivity index (χ2n) is 8.36. The second kappa shape index (κ2) is 8.54. The first kappa shape index (κ1) is 23.1. The molecule has 5 heterocycles. The van der Waals surface area contributed by atoms with Crippen molar-refractivity contribution < 1.29 is 33.1 Å². The van der Waals surface area contributed by atoms with Crippen LogP contribution >= 0.6 is 7.82 Å². The predicted molar refractivity (Wildman–Crippen MR) is 119 cm³/mol. The number of hydrogen-bond acceptors (Lipinski definition) is 12. The zero-order valence-electron chi connectivity index (χ0n) is 18.2. The summed E-state index contributed by atoms with van der Waals surface area (Å²) in [5.41, 5.74) is 11.0. The Morgan fingerprint density at radius 3 is 2.82 bits per heavy atom. The molecule has 3 aromatic rings. The number of pyridine rings is 1. The smallest absolute Gasteiger partial charge is 0.387 e. The van der Waals surface area contributed by atoms with Crippen LogP contribution in [0.15, 0.2) is 36.8 Å². The largest absolute Gasteiger partial charge is 0.475 e. The van der Waals surface area contributed by atoms with Gasteiger partial charge in [-0.05, 0) is 30.7 Å². The van der Waals surface area contributed by atoms with E-state index in [0.717, 1.165) is 5.56 Å². The van der Waals surface area contributed by atoms with Gasteiger partial charge in [-0.2, -0.15) is 9.97 Å². The lowest BCUT2D eigenvalue weighted by Gasteiger charge is -2.30. The SMILES string of the molecule is C[C@@]1(O)[C@H](O)[C@@H](CO[P@@]2(=O)OCC[C@@H](c3ccncc3)O2)O[C@H]1n1ccc2c(N)nc(N)nc21. The highest BCUT2D eigenvalue weighted by Gasteiger charge is 2.54. The van der Waals surface area contributed by atoms with Crippen LogP contribution in [0, 0.1) is 0 Å². The Balaban J connectivity index is 1.33. The van der Waals surface area contributed by atoms with Gasteiger partial charge in [0.2, 0.25) is 5.95 Å². The molecule has 34 heavy (non-hydrogen) atoms. The summed E-state index contributed by atoms with van der Waals surface area (Å²) in [6.45, 7) is 1.22. The van der Waals surface area contributed by atoms with Gasteiger partial charge in [-0.25, -0.2) is 4.57 Å². The van der Waals surface area contributed by atoms with Crippen LogP contribution in [0.5, 0.6) is 0 Å². The number of aliphatic hydroxyl groups excluding tert-OH is 1. The third-order valence-corrected chi connectivity index (χ3v) is 7.46. The Bertz CT molecular complexity index is 1240. The first-order valence-electron chi connectivity index (χ1n) is 10.6. The van der Waals surface area contributed by atoms with E-state index in [1.54, 1.807) is 36.8 Å². The fourth-order valence-electron chi connectivity index (χ4n) is 4.19. The van der Waals surface area contributed by atoms with Crippen LogP contribution in [0.1, 0.15) is 31.2 Å². The van der Waals surface area contributed by atoms with E-state index in [4.69, 9.17) is 29.8 Å². The molecule has 13 nitrogen and oxygen atoms in total. The van der Waals surface area contributed by atoms with Gasteiger partial charge in [-0.15, -0.1) is 0 Å². The fourth-order valence-corrected chi connectivity index (χ4v) is 5.58. The summed E-state index contributed by atoms with van der Waals surface area (Å²) in [5.74, 6) is 0.129. The van der Waals surface area contributed by atoms with Gasteiger partial charge in [0.25, 0.3) is 0 Å². The number of nitrogens with zero attached hydrogens (tertiary/aromatic N) is 4. The van der Waals surface area contributed by atoms with Crippen LogP contribution in [0.4, 0.5) is 11.8 Å². The maximum Gasteiger partial charge on any atom is 0.475 e. The lowest BCUT2D eigenvalue weighted by atomic mass is 9.96. The van der Waals surface area contributed by atoms with Crippen LogP contribution in [-0.4, -0.2) is 60.8 Å². The molecule has 0 bridgehead atoms.